The van der Waals surface area contributed by atoms with Gasteiger partial charge >= 0.3 is 0 Å². The predicted molar refractivity (Wildman–Crippen MR) is 115 cm³/mol. The van der Waals surface area contributed by atoms with Gasteiger partial charge in [-0.2, -0.15) is 0 Å². The van der Waals surface area contributed by atoms with Crippen LogP contribution in [0.25, 0.3) is 33.4 Å². The average Bonchev–Trinajstić information content (AvgIpc) is 3.04. The quantitative estimate of drug-likeness (QED) is 0.488. The van der Waals surface area contributed by atoms with Crippen LogP contribution in [0.4, 0.5) is 0 Å². The molecule has 0 saturated heterocycles. The van der Waals surface area contributed by atoms with Gasteiger partial charge in [0, 0.05) is 11.1 Å². The standard InChI is InChI=1S/C26H18O2/c27-23-17-9-7-15-21(19-11-3-1-4-12-19)25(23)26-22(16-8-10-18-24(26)28)20-13-5-2-6-14-20/h1-18H. The van der Waals surface area contributed by atoms with Gasteiger partial charge in [-0.15, -0.1) is 0 Å². The Hall–Kier alpha value is -3.78. The van der Waals surface area contributed by atoms with E-state index in [1.165, 1.54) is 12.1 Å². The van der Waals surface area contributed by atoms with Crippen LogP contribution in [0.1, 0.15) is 0 Å². The average molecular weight is 362 g/mol. The summed E-state index contributed by atoms with van der Waals surface area (Å²) in [6.45, 7) is 0. The van der Waals surface area contributed by atoms with E-state index in [0.717, 1.165) is 22.3 Å². The molecule has 0 heterocycles. The molecule has 0 unspecified atom stereocenters. The highest BCUT2D eigenvalue weighted by atomic mass is 16.1. The minimum absolute atomic E-state index is 0.177. The lowest BCUT2D eigenvalue weighted by molar-refractivity contribution is 1.54. The van der Waals surface area contributed by atoms with Gasteiger partial charge in [-0.05, 0) is 34.4 Å². The van der Waals surface area contributed by atoms with Gasteiger partial charge in [0.1, 0.15) is 0 Å². The smallest absolute Gasteiger partial charge is 0.187 e. The molecule has 2 nitrogen and oxygen atoms in total. The zero-order valence-corrected chi connectivity index (χ0v) is 15.2. The van der Waals surface area contributed by atoms with E-state index in [1.54, 1.807) is 12.1 Å². The molecule has 2 heteroatoms. The van der Waals surface area contributed by atoms with Crippen LogP contribution in [0.2, 0.25) is 0 Å². The van der Waals surface area contributed by atoms with Crippen LogP contribution in [0.3, 0.4) is 0 Å². The van der Waals surface area contributed by atoms with Gasteiger partial charge in [-0.1, -0.05) is 97.1 Å². The summed E-state index contributed by atoms with van der Waals surface area (Å²) in [6.07, 6.45) is 0. The van der Waals surface area contributed by atoms with Crippen LogP contribution < -0.4 is 10.9 Å². The van der Waals surface area contributed by atoms with Crippen LogP contribution in [0.5, 0.6) is 0 Å². The van der Waals surface area contributed by atoms with Crippen molar-refractivity contribution in [3.05, 3.63) is 130 Å². The van der Waals surface area contributed by atoms with Crippen LogP contribution in [-0.2, 0) is 0 Å². The molecular formula is C26H18O2. The largest absolute Gasteiger partial charge is 0.289 e. The number of rotatable bonds is 3. The number of benzene rings is 2. The minimum Gasteiger partial charge on any atom is -0.289 e. The topological polar surface area (TPSA) is 34.1 Å². The molecule has 0 aliphatic rings. The Labute approximate surface area is 163 Å². The highest BCUT2D eigenvalue weighted by Gasteiger charge is 2.17. The van der Waals surface area contributed by atoms with Crippen LogP contribution >= 0.6 is 0 Å². The third-order valence-corrected chi connectivity index (χ3v) is 4.69. The molecule has 28 heavy (non-hydrogen) atoms. The lowest BCUT2D eigenvalue weighted by Crippen LogP contribution is -2.10. The van der Waals surface area contributed by atoms with E-state index >= 15 is 0 Å². The summed E-state index contributed by atoms with van der Waals surface area (Å²) < 4.78 is 0. The highest BCUT2D eigenvalue weighted by molar-refractivity contribution is 5.90. The Morgan fingerprint density at radius 2 is 0.679 bits per heavy atom. The lowest BCUT2D eigenvalue weighted by Gasteiger charge is -2.10. The first-order chi connectivity index (χ1) is 13.8. The summed E-state index contributed by atoms with van der Waals surface area (Å²) in [7, 11) is 0. The molecule has 0 bridgehead atoms. The molecule has 4 aromatic rings. The number of hydrogen-bond donors (Lipinski definition) is 0. The minimum atomic E-state index is -0.177. The third-order valence-electron chi connectivity index (χ3n) is 4.69. The van der Waals surface area contributed by atoms with Crippen molar-refractivity contribution < 1.29 is 0 Å². The van der Waals surface area contributed by atoms with E-state index in [0.29, 0.717) is 11.1 Å². The maximum Gasteiger partial charge on any atom is 0.187 e. The predicted octanol–water partition coefficient (Wildman–Crippen LogP) is 5.41. The first-order valence-corrected chi connectivity index (χ1v) is 9.13. The fourth-order valence-corrected chi connectivity index (χ4v) is 3.42. The maximum atomic E-state index is 13.1. The van der Waals surface area contributed by atoms with Gasteiger partial charge in [0.25, 0.3) is 0 Å². The molecule has 0 fully saturated rings. The molecule has 0 aliphatic heterocycles. The van der Waals surface area contributed by atoms with Gasteiger partial charge in [0.05, 0.1) is 0 Å². The molecule has 0 radical (unpaired) electrons. The van der Waals surface area contributed by atoms with Crippen molar-refractivity contribution in [3.8, 4) is 33.4 Å². The normalized spacial score (nSPS) is 10.4. The summed E-state index contributed by atoms with van der Waals surface area (Å²) >= 11 is 0. The van der Waals surface area contributed by atoms with Crippen LogP contribution in [0, 0.1) is 0 Å². The Morgan fingerprint density at radius 3 is 1.07 bits per heavy atom. The third kappa shape index (κ3) is 3.40. The number of hydrogen-bond acceptors (Lipinski definition) is 2. The van der Waals surface area contributed by atoms with E-state index in [2.05, 4.69) is 0 Å². The van der Waals surface area contributed by atoms with E-state index in [1.807, 2.05) is 84.9 Å². The highest BCUT2D eigenvalue weighted by Crippen LogP contribution is 2.33. The molecule has 0 aliphatic carbocycles. The van der Waals surface area contributed by atoms with Gasteiger partial charge in [-0.25, -0.2) is 0 Å². The van der Waals surface area contributed by atoms with Crippen LogP contribution in [0.15, 0.2) is 119 Å². The first-order valence-electron chi connectivity index (χ1n) is 9.13. The van der Waals surface area contributed by atoms with Gasteiger partial charge < -0.3 is 0 Å². The van der Waals surface area contributed by atoms with Crippen molar-refractivity contribution in [3.63, 3.8) is 0 Å². The van der Waals surface area contributed by atoms with Crippen molar-refractivity contribution in [2.75, 3.05) is 0 Å². The molecular weight excluding hydrogens is 344 g/mol. The Kier molecular flexibility index (Phi) is 4.94. The Morgan fingerprint density at radius 1 is 0.357 bits per heavy atom. The van der Waals surface area contributed by atoms with Crippen LogP contribution in [-0.4, -0.2) is 0 Å². The first kappa shape index (κ1) is 17.6. The molecule has 0 amide bonds. The van der Waals surface area contributed by atoms with Crippen molar-refractivity contribution >= 4 is 0 Å². The molecule has 0 atom stereocenters. The molecule has 0 aromatic heterocycles. The fraction of sp³-hybridized carbons (Fsp3) is 0. The summed E-state index contributed by atoms with van der Waals surface area (Å²) in [5.74, 6) is 0. The van der Waals surface area contributed by atoms with Crippen molar-refractivity contribution in [2.24, 2.45) is 0 Å². The molecule has 4 aromatic carbocycles. The van der Waals surface area contributed by atoms with Gasteiger partial charge in [0.15, 0.2) is 10.9 Å². The Balaban J connectivity index is 2.16. The second kappa shape index (κ2) is 7.85. The van der Waals surface area contributed by atoms with Gasteiger partial charge in [-0.3, -0.25) is 9.59 Å². The van der Waals surface area contributed by atoms with Crippen molar-refractivity contribution in [2.45, 2.75) is 0 Å². The van der Waals surface area contributed by atoms with Crippen molar-refractivity contribution in [1.82, 2.24) is 0 Å². The molecule has 0 saturated carbocycles. The second-order valence-electron chi connectivity index (χ2n) is 6.47. The van der Waals surface area contributed by atoms with Crippen molar-refractivity contribution in [1.29, 1.82) is 0 Å². The molecule has 0 N–H and O–H groups in total. The molecule has 0 spiro atoms. The van der Waals surface area contributed by atoms with E-state index in [4.69, 9.17) is 0 Å². The lowest BCUT2D eigenvalue weighted by atomic mass is 9.91. The fourth-order valence-electron chi connectivity index (χ4n) is 3.42. The second-order valence-corrected chi connectivity index (χ2v) is 6.47. The van der Waals surface area contributed by atoms with E-state index < -0.39 is 0 Å². The SMILES string of the molecule is O=c1ccccc(-c2ccccc2)c1-c1c(-c2ccccc2)ccccc1=O. The summed E-state index contributed by atoms with van der Waals surface area (Å²) in [6, 6.07) is 33.3. The van der Waals surface area contributed by atoms with E-state index in [9.17, 15) is 9.59 Å². The van der Waals surface area contributed by atoms with E-state index in [-0.39, 0.29) is 10.9 Å². The molecule has 134 valence electrons. The summed E-state index contributed by atoms with van der Waals surface area (Å²) in [5, 5.41) is 0. The Bertz CT molecular complexity index is 1130. The van der Waals surface area contributed by atoms with Gasteiger partial charge in [0.2, 0.25) is 0 Å². The molecule has 4 rings (SSSR count). The summed E-state index contributed by atoms with van der Waals surface area (Å²) in [4.78, 5) is 26.2. The monoisotopic (exact) mass is 362 g/mol. The summed E-state index contributed by atoms with van der Waals surface area (Å²) in [5.41, 5.74) is 3.79. The zero-order chi connectivity index (χ0) is 19.3. The maximum absolute atomic E-state index is 13.1. The zero-order valence-electron chi connectivity index (χ0n) is 15.2.